The van der Waals surface area contributed by atoms with Crippen LogP contribution in [0, 0.1) is 0 Å². The van der Waals surface area contributed by atoms with Crippen molar-refractivity contribution in [2.45, 2.75) is 25.5 Å². The summed E-state index contributed by atoms with van der Waals surface area (Å²) in [5.41, 5.74) is 0.905. The highest BCUT2D eigenvalue weighted by atomic mass is 16.5. The van der Waals surface area contributed by atoms with Crippen molar-refractivity contribution in [3.8, 4) is 0 Å². The van der Waals surface area contributed by atoms with Gasteiger partial charge in [-0.1, -0.05) is 30.3 Å². The van der Waals surface area contributed by atoms with Crippen molar-refractivity contribution in [2.24, 2.45) is 0 Å². The highest BCUT2D eigenvalue weighted by molar-refractivity contribution is 5.68. The van der Waals surface area contributed by atoms with Gasteiger partial charge in [0.05, 0.1) is 13.2 Å². The van der Waals surface area contributed by atoms with Crippen LogP contribution in [0.4, 0.5) is 4.79 Å². The van der Waals surface area contributed by atoms with Crippen LogP contribution in [0.5, 0.6) is 0 Å². The molecule has 0 spiro atoms. The number of carbonyl (C=O) groups excluding carboxylic acids is 1. The third-order valence-electron chi connectivity index (χ3n) is 3.82. The van der Waals surface area contributed by atoms with Crippen molar-refractivity contribution in [3.63, 3.8) is 0 Å². The van der Waals surface area contributed by atoms with Crippen LogP contribution < -0.4 is 5.32 Å². The number of aliphatic carboxylic acids is 1. The summed E-state index contributed by atoms with van der Waals surface area (Å²) >= 11 is 0. The minimum atomic E-state index is -0.874. The second-order valence-electron chi connectivity index (χ2n) is 5.75. The van der Waals surface area contributed by atoms with Gasteiger partial charge >= 0.3 is 12.1 Å². The maximum atomic E-state index is 12.0. The molecule has 7 nitrogen and oxygen atoms in total. The van der Waals surface area contributed by atoms with Crippen molar-refractivity contribution in [1.29, 1.82) is 0 Å². The number of amides is 1. The molecule has 0 aliphatic carbocycles. The molecule has 1 fully saturated rings. The maximum Gasteiger partial charge on any atom is 0.407 e. The van der Waals surface area contributed by atoms with Crippen molar-refractivity contribution < 1.29 is 24.2 Å². The van der Waals surface area contributed by atoms with Gasteiger partial charge in [0.25, 0.3) is 0 Å². The summed E-state index contributed by atoms with van der Waals surface area (Å²) in [5.74, 6) is -0.874. The van der Waals surface area contributed by atoms with E-state index in [0.29, 0.717) is 26.2 Å². The molecule has 132 valence electrons. The average Bonchev–Trinajstić information content (AvgIpc) is 2.60. The molecule has 1 atom stereocenters. The smallest absolute Gasteiger partial charge is 0.407 e. The Bertz CT molecular complexity index is 517. The molecule has 0 bridgehead atoms. The van der Waals surface area contributed by atoms with Crippen LogP contribution in [0.2, 0.25) is 0 Å². The number of nitrogens with one attached hydrogen (secondary N) is 1. The first-order valence-corrected chi connectivity index (χ1v) is 8.12. The molecule has 1 heterocycles. The average molecular weight is 336 g/mol. The molecule has 0 radical (unpaired) electrons. The zero-order chi connectivity index (χ0) is 17.2. The van der Waals surface area contributed by atoms with E-state index in [1.54, 1.807) is 0 Å². The number of nitrogens with zero attached hydrogens (tertiary/aromatic N) is 1. The first-order chi connectivity index (χ1) is 11.6. The summed E-state index contributed by atoms with van der Waals surface area (Å²) in [5, 5.41) is 11.7. The molecule has 7 heteroatoms. The summed E-state index contributed by atoms with van der Waals surface area (Å²) in [4.78, 5) is 25.0. The van der Waals surface area contributed by atoms with Crippen LogP contribution in [0.3, 0.4) is 0 Å². The van der Waals surface area contributed by atoms with E-state index in [4.69, 9.17) is 14.6 Å². The van der Waals surface area contributed by atoms with E-state index in [-0.39, 0.29) is 19.1 Å². The number of carbonyl (C=O) groups is 2. The van der Waals surface area contributed by atoms with E-state index in [1.807, 2.05) is 30.3 Å². The lowest BCUT2D eigenvalue weighted by Crippen LogP contribution is -2.47. The van der Waals surface area contributed by atoms with E-state index in [9.17, 15) is 9.59 Å². The SMILES string of the molecule is O=C(O)CCC(CN1CCOCC1)NC(=O)OCc1ccccc1. The summed E-state index contributed by atoms with van der Waals surface area (Å²) in [6.45, 7) is 3.66. The fourth-order valence-electron chi connectivity index (χ4n) is 2.53. The standard InChI is InChI=1S/C17H24N2O5/c20-16(21)7-6-15(12-19-8-10-23-11-9-19)18-17(22)24-13-14-4-2-1-3-5-14/h1-5,15H,6-13H2,(H,18,22)(H,20,21). The van der Waals surface area contributed by atoms with Gasteiger partial charge < -0.3 is 19.9 Å². The van der Waals surface area contributed by atoms with E-state index >= 15 is 0 Å². The second kappa shape index (κ2) is 9.89. The first kappa shape index (κ1) is 18.2. The third kappa shape index (κ3) is 6.97. The van der Waals surface area contributed by atoms with Crippen molar-refractivity contribution >= 4 is 12.1 Å². The van der Waals surface area contributed by atoms with Gasteiger partial charge in [-0.15, -0.1) is 0 Å². The molecular weight excluding hydrogens is 312 g/mol. The molecule has 1 unspecified atom stereocenters. The van der Waals surface area contributed by atoms with E-state index in [1.165, 1.54) is 0 Å². The summed E-state index contributed by atoms with van der Waals surface area (Å²) in [6, 6.07) is 9.15. The number of ether oxygens (including phenoxy) is 2. The van der Waals surface area contributed by atoms with Crippen molar-refractivity contribution in [3.05, 3.63) is 35.9 Å². The van der Waals surface area contributed by atoms with E-state index < -0.39 is 12.1 Å². The Morgan fingerprint density at radius 3 is 2.62 bits per heavy atom. The predicted molar refractivity (Wildman–Crippen MR) is 87.7 cm³/mol. The van der Waals surface area contributed by atoms with Crippen LogP contribution in [0.15, 0.2) is 30.3 Å². The number of alkyl carbamates (subject to hydrolysis) is 1. The lowest BCUT2D eigenvalue weighted by atomic mass is 10.1. The predicted octanol–water partition coefficient (Wildman–Crippen LogP) is 1.48. The molecular formula is C17H24N2O5. The molecule has 1 aromatic carbocycles. The lowest BCUT2D eigenvalue weighted by molar-refractivity contribution is -0.137. The Labute approximate surface area is 141 Å². The molecule has 1 aliphatic heterocycles. The molecule has 0 aromatic heterocycles. The fraction of sp³-hybridized carbons (Fsp3) is 0.529. The molecule has 2 rings (SSSR count). The van der Waals surface area contributed by atoms with Gasteiger partial charge in [0.15, 0.2) is 0 Å². The number of rotatable bonds is 8. The van der Waals surface area contributed by atoms with E-state index in [2.05, 4.69) is 10.2 Å². The Morgan fingerprint density at radius 1 is 1.25 bits per heavy atom. The molecule has 0 saturated carbocycles. The number of benzene rings is 1. The first-order valence-electron chi connectivity index (χ1n) is 8.12. The summed E-state index contributed by atoms with van der Waals surface area (Å²) in [6.07, 6.45) is -0.149. The van der Waals surface area contributed by atoms with Crippen molar-refractivity contribution in [2.75, 3.05) is 32.8 Å². The molecule has 2 N–H and O–H groups in total. The largest absolute Gasteiger partial charge is 0.481 e. The summed E-state index contributed by atoms with van der Waals surface area (Å²) in [7, 11) is 0. The zero-order valence-electron chi connectivity index (χ0n) is 13.6. The highest BCUT2D eigenvalue weighted by Crippen LogP contribution is 2.06. The molecule has 1 amide bonds. The van der Waals surface area contributed by atoms with Gasteiger partial charge in [-0.2, -0.15) is 0 Å². The number of carboxylic acid groups (broad SMARTS) is 1. The maximum absolute atomic E-state index is 12.0. The second-order valence-corrected chi connectivity index (χ2v) is 5.75. The highest BCUT2D eigenvalue weighted by Gasteiger charge is 2.20. The Kier molecular flexibility index (Phi) is 7.51. The van der Waals surface area contributed by atoms with Gasteiger partial charge in [0, 0.05) is 32.1 Å². The third-order valence-corrected chi connectivity index (χ3v) is 3.82. The number of hydrogen-bond donors (Lipinski definition) is 2. The summed E-state index contributed by atoms with van der Waals surface area (Å²) < 4.78 is 10.5. The molecule has 1 saturated heterocycles. The van der Waals surface area contributed by atoms with Gasteiger partial charge in [0.2, 0.25) is 0 Å². The quantitative estimate of drug-likeness (QED) is 0.747. The Hall–Kier alpha value is -2.12. The van der Waals surface area contributed by atoms with Gasteiger partial charge in [0.1, 0.15) is 6.61 Å². The lowest BCUT2D eigenvalue weighted by Gasteiger charge is -2.30. The van der Waals surface area contributed by atoms with Crippen molar-refractivity contribution in [1.82, 2.24) is 10.2 Å². The zero-order valence-corrected chi connectivity index (χ0v) is 13.6. The van der Waals surface area contributed by atoms with Crippen LogP contribution in [0.1, 0.15) is 18.4 Å². The van der Waals surface area contributed by atoms with Crippen LogP contribution in [-0.4, -0.2) is 61.0 Å². The van der Waals surface area contributed by atoms with Crippen LogP contribution in [0.25, 0.3) is 0 Å². The minimum absolute atomic E-state index is 0.00791. The fourth-order valence-corrected chi connectivity index (χ4v) is 2.53. The monoisotopic (exact) mass is 336 g/mol. The number of morpholine rings is 1. The number of hydrogen-bond acceptors (Lipinski definition) is 5. The molecule has 1 aliphatic rings. The topological polar surface area (TPSA) is 88.1 Å². The van der Waals surface area contributed by atoms with Crippen LogP contribution in [-0.2, 0) is 20.9 Å². The van der Waals surface area contributed by atoms with E-state index in [0.717, 1.165) is 18.7 Å². The van der Waals surface area contributed by atoms with Gasteiger partial charge in [-0.3, -0.25) is 9.69 Å². The Morgan fingerprint density at radius 2 is 1.96 bits per heavy atom. The van der Waals surface area contributed by atoms with Gasteiger partial charge in [-0.25, -0.2) is 4.79 Å². The normalized spacial score (nSPS) is 16.3. The molecule has 24 heavy (non-hydrogen) atoms. The van der Waals surface area contributed by atoms with Gasteiger partial charge in [-0.05, 0) is 12.0 Å². The number of carboxylic acids is 1. The Balaban J connectivity index is 1.80. The molecule has 1 aromatic rings. The van der Waals surface area contributed by atoms with Crippen LogP contribution >= 0.6 is 0 Å². The minimum Gasteiger partial charge on any atom is -0.481 e.